The minimum absolute atomic E-state index is 0.134. The molecule has 1 saturated heterocycles. The predicted molar refractivity (Wildman–Crippen MR) is 95.9 cm³/mol. The van der Waals surface area contributed by atoms with Crippen molar-refractivity contribution >= 4 is 28.6 Å². The number of anilines is 3. The lowest BCUT2D eigenvalue weighted by Gasteiger charge is -2.17. The van der Waals surface area contributed by atoms with E-state index in [4.69, 9.17) is 10.6 Å². The van der Waals surface area contributed by atoms with E-state index in [1.54, 1.807) is 0 Å². The second-order valence-electron chi connectivity index (χ2n) is 6.08. The van der Waals surface area contributed by atoms with Gasteiger partial charge < -0.3 is 25.4 Å². The molecule has 0 aliphatic carbocycles. The highest BCUT2D eigenvalue weighted by molar-refractivity contribution is 5.86. The van der Waals surface area contributed by atoms with E-state index in [0.717, 1.165) is 5.69 Å². The van der Waals surface area contributed by atoms with Gasteiger partial charge in [-0.1, -0.05) is 18.2 Å². The molecule has 0 radical (unpaired) electrons. The second-order valence-corrected chi connectivity index (χ2v) is 6.08. The minimum atomic E-state index is -1.26. The molecule has 7 N–H and O–H groups in total. The Morgan fingerprint density at radius 1 is 1.15 bits per heavy atom. The first-order valence-electron chi connectivity index (χ1n) is 8.28. The van der Waals surface area contributed by atoms with Crippen molar-refractivity contribution in [1.82, 2.24) is 19.5 Å². The molecular formula is C16H19N7O4. The van der Waals surface area contributed by atoms with Gasteiger partial charge in [0.05, 0.1) is 12.9 Å². The Kier molecular flexibility index (Phi) is 4.59. The summed E-state index contributed by atoms with van der Waals surface area (Å²) in [5.41, 5.74) is 3.96. The number of fused-ring (bicyclic) bond motifs is 1. The Morgan fingerprint density at radius 2 is 1.93 bits per heavy atom. The molecule has 1 fully saturated rings. The standard InChI is InChI=1S/C16H19N7O4/c17-22-16-20-13(19-8-4-2-1-3-5-8)10-14(21-16)23(7-18-10)15-12(26)11(25)9(6-24)27-15/h1-5,7,9,11-12,15,24-26H,6,17H2,(H2,19,20,21,22)/t9-,11+,12+,15-/m1/s1. The fourth-order valence-electron chi connectivity index (χ4n) is 3.02. The summed E-state index contributed by atoms with van der Waals surface area (Å²) >= 11 is 0. The van der Waals surface area contributed by atoms with E-state index in [2.05, 4.69) is 25.7 Å². The van der Waals surface area contributed by atoms with Crippen molar-refractivity contribution in [2.24, 2.45) is 5.84 Å². The maximum Gasteiger partial charge on any atom is 0.241 e. The van der Waals surface area contributed by atoms with Gasteiger partial charge in [-0.3, -0.25) is 9.99 Å². The summed E-state index contributed by atoms with van der Waals surface area (Å²) in [4.78, 5) is 12.9. The van der Waals surface area contributed by atoms with E-state index < -0.39 is 31.1 Å². The number of rotatable bonds is 5. The molecule has 0 amide bonds. The van der Waals surface area contributed by atoms with Gasteiger partial charge in [-0.25, -0.2) is 10.8 Å². The number of nitrogens with two attached hydrogens (primary N) is 1. The number of nitrogens with one attached hydrogen (secondary N) is 2. The van der Waals surface area contributed by atoms with E-state index in [0.29, 0.717) is 17.0 Å². The first kappa shape index (κ1) is 17.6. The third-order valence-electron chi connectivity index (χ3n) is 4.38. The first-order valence-corrected chi connectivity index (χ1v) is 8.28. The van der Waals surface area contributed by atoms with Crippen LogP contribution >= 0.6 is 0 Å². The molecule has 1 aliphatic heterocycles. The number of nitrogen functional groups attached to an aromatic ring is 1. The maximum atomic E-state index is 10.3. The fraction of sp³-hybridized carbons (Fsp3) is 0.312. The van der Waals surface area contributed by atoms with Gasteiger partial charge in [-0.05, 0) is 12.1 Å². The molecule has 142 valence electrons. The lowest BCUT2D eigenvalue weighted by molar-refractivity contribution is -0.0511. The zero-order valence-corrected chi connectivity index (χ0v) is 14.1. The minimum Gasteiger partial charge on any atom is -0.394 e. The monoisotopic (exact) mass is 373 g/mol. The van der Waals surface area contributed by atoms with Crippen molar-refractivity contribution in [3.63, 3.8) is 0 Å². The fourth-order valence-corrected chi connectivity index (χ4v) is 3.02. The lowest BCUT2D eigenvalue weighted by atomic mass is 10.1. The number of hydrazine groups is 1. The van der Waals surface area contributed by atoms with Gasteiger partial charge in [-0.2, -0.15) is 9.97 Å². The highest BCUT2D eigenvalue weighted by Crippen LogP contribution is 2.33. The summed E-state index contributed by atoms with van der Waals surface area (Å²) in [5, 5.41) is 32.7. The number of aliphatic hydroxyl groups is 3. The van der Waals surface area contributed by atoms with Crippen LogP contribution in [0.15, 0.2) is 36.7 Å². The molecule has 0 unspecified atom stereocenters. The topological polar surface area (TPSA) is 164 Å². The average Bonchev–Trinajstić information content (AvgIpc) is 3.24. The quantitative estimate of drug-likeness (QED) is 0.253. The largest absolute Gasteiger partial charge is 0.394 e. The number of para-hydroxylation sites is 1. The first-order chi connectivity index (χ1) is 13.1. The molecule has 11 nitrogen and oxygen atoms in total. The number of imidazole rings is 1. The van der Waals surface area contributed by atoms with Gasteiger partial charge in [0.1, 0.15) is 18.3 Å². The average molecular weight is 373 g/mol. The number of ether oxygens (including phenoxy) is 1. The highest BCUT2D eigenvalue weighted by Gasteiger charge is 2.44. The zero-order chi connectivity index (χ0) is 19.0. The Morgan fingerprint density at radius 3 is 2.59 bits per heavy atom. The van der Waals surface area contributed by atoms with E-state index in [1.165, 1.54) is 10.9 Å². The van der Waals surface area contributed by atoms with Crippen LogP contribution in [0.1, 0.15) is 6.23 Å². The van der Waals surface area contributed by atoms with Crippen molar-refractivity contribution < 1.29 is 20.1 Å². The Hall–Kier alpha value is -2.83. The smallest absolute Gasteiger partial charge is 0.241 e. The second kappa shape index (κ2) is 7.06. The van der Waals surface area contributed by atoms with Crippen molar-refractivity contribution in [3.05, 3.63) is 36.7 Å². The molecule has 1 aromatic carbocycles. The number of hydrogen-bond acceptors (Lipinski definition) is 10. The molecule has 3 aromatic rings. The molecule has 3 heterocycles. The van der Waals surface area contributed by atoms with Gasteiger partial charge in [0, 0.05) is 5.69 Å². The molecule has 0 bridgehead atoms. The van der Waals surface area contributed by atoms with Crippen LogP contribution in [-0.4, -0.2) is 59.8 Å². The molecule has 1 aliphatic rings. The molecule has 11 heteroatoms. The summed E-state index contributed by atoms with van der Waals surface area (Å²) < 4.78 is 7.03. The molecule has 0 saturated carbocycles. The van der Waals surface area contributed by atoms with Crippen LogP contribution in [0.4, 0.5) is 17.5 Å². The van der Waals surface area contributed by atoms with Gasteiger partial charge in [0.25, 0.3) is 0 Å². The van der Waals surface area contributed by atoms with Crippen LogP contribution in [0.5, 0.6) is 0 Å². The Bertz CT molecular complexity index is 935. The van der Waals surface area contributed by atoms with Gasteiger partial charge >= 0.3 is 0 Å². The van der Waals surface area contributed by atoms with E-state index in [-0.39, 0.29) is 5.95 Å². The molecule has 4 rings (SSSR count). The molecule has 4 atom stereocenters. The Labute approximate surface area is 153 Å². The van der Waals surface area contributed by atoms with E-state index in [9.17, 15) is 15.3 Å². The van der Waals surface area contributed by atoms with Crippen LogP contribution in [0, 0.1) is 0 Å². The summed E-state index contributed by atoms with van der Waals surface area (Å²) in [6, 6.07) is 9.38. The summed E-state index contributed by atoms with van der Waals surface area (Å²) in [6.07, 6.45) is -2.93. The van der Waals surface area contributed by atoms with Gasteiger partial charge in [0.2, 0.25) is 5.95 Å². The van der Waals surface area contributed by atoms with Crippen molar-refractivity contribution in [2.75, 3.05) is 17.3 Å². The van der Waals surface area contributed by atoms with Gasteiger partial charge in [-0.15, -0.1) is 0 Å². The van der Waals surface area contributed by atoms with Crippen molar-refractivity contribution in [2.45, 2.75) is 24.5 Å². The van der Waals surface area contributed by atoms with E-state index >= 15 is 0 Å². The van der Waals surface area contributed by atoms with Gasteiger partial charge in [0.15, 0.2) is 23.2 Å². The van der Waals surface area contributed by atoms with E-state index in [1.807, 2.05) is 30.3 Å². The lowest BCUT2D eigenvalue weighted by Crippen LogP contribution is -2.33. The third-order valence-corrected chi connectivity index (χ3v) is 4.38. The molecule has 2 aromatic heterocycles. The summed E-state index contributed by atoms with van der Waals surface area (Å²) in [5.74, 6) is 6.02. The zero-order valence-electron chi connectivity index (χ0n) is 14.1. The normalized spacial score (nSPS) is 25.0. The summed E-state index contributed by atoms with van der Waals surface area (Å²) in [7, 11) is 0. The maximum absolute atomic E-state index is 10.3. The van der Waals surface area contributed by atoms with Crippen LogP contribution in [0.3, 0.4) is 0 Å². The van der Waals surface area contributed by atoms with Crippen LogP contribution < -0.4 is 16.6 Å². The number of aliphatic hydroxyl groups excluding tert-OH is 3. The number of benzene rings is 1. The third kappa shape index (κ3) is 3.07. The number of aromatic nitrogens is 4. The van der Waals surface area contributed by atoms with Crippen LogP contribution in [-0.2, 0) is 4.74 Å². The molecule has 0 spiro atoms. The SMILES string of the molecule is NNc1nc(Nc2ccccc2)c2ncn([C@@H]3O[C@H](CO)[C@H](O)[C@@H]3O)c2n1. The van der Waals surface area contributed by atoms with Crippen molar-refractivity contribution in [3.8, 4) is 0 Å². The van der Waals surface area contributed by atoms with Crippen LogP contribution in [0.25, 0.3) is 11.2 Å². The highest BCUT2D eigenvalue weighted by atomic mass is 16.6. The number of nitrogens with zero attached hydrogens (tertiary/aromatic N) is 4. The Balaban J connectivity index is 1.77. The molecule has 27 heavy (non-hydrogen) atoms. The van der Waals surface area contributed by atoms with Crippen molar-refractivity contribution in [1.29, 1.82) is 0 Å². The molecular weight excluding hydrogens is 354 g/mol. The predicted octanol–water partition coefficient (Wildman–Crippen LogP) is -0.533. The summed E-state index contributed by atoms with van der Waals surface area (Å²) in [6.45, 7) is -0.424. The van der Waals surface area contributed by atoms with Crippen LogP contribution in [0.2, 0.25) is 0 Å². The number of hydrogen-bond donors (Lipinski definition) is 6.